The van der Waals surface area contributed by atoms with E-state index >= 15 is 0 Å². The highest BCUT2D eigenvalue weighted by Gasteiger charge is 2.48. The number of benzene rings is 2. The van der Waals surface area contributed by atoms with Gasteiger partial charge >= 0.3 is 0 Å². The van der Waals surface area contributed by atoms with Crippen molar-refractivity contribution in [3.05, 3.63) is 95.1 Å². The van der Waals surface area contributed by atoms with E-state index in [-0.39, 0.29) is 64.2 Å². The third-order valence-electron chi connectivity index (χ3n) is 15.5. The largest absolute Gasteiger partial charge is 0.410 e. The second kappa shape index (κ2) is 24.2. The Labute approximate surface area is 414 Å². The maximum atomic E-state index is 11.7. The van der Waals surface area contributed by atoms with E-state index < -0.39 is 33.3 Å². The first-order valence-electron chi connectivity index (χ1n) is 24.4. The van der Waals surface area contributed by atoms with E-state index in [2.05, 4.69) is 166 Å². The third-order valence-corrected chi connectivity index (χ3v) is 33.5. The lowest BCUT2D eigenvalue weighted by Crippen LogP contribution is -2.52. The number of carbonyl (C=O) groups excluding carboxylic acids is 1. The zero-order chi connectivity index (χ0) is 50.2. The molecule has 2 aliphatic carbocycles. The van der Waals surface area contributed by atoms with Crippen molar-refractivity contribution in [2.24, 2.45) is 0 Å². The Morgan fingerprint density at radius 3 is 1.01 bits per heavy atom. The molecule has 2 fully saturated rings. The van der Waals surface area contributed by atoms with Crippen molar-refractivity contribution in [3.63, 3.8) is 0 Å². The number of hydrogen-bond donors (Lipinski definition) is 0. The minimum Gasteiger partial charge on any atom is -0.410 e. The van der Waals surface area contributed by atoms with Crippen LogP contribution in [0, 0.1) is 11.3 Å². The fraction of sp³-hybridized carbons (Fsp3) is 0.673. The summed E-state index contributed by atoms with van der Waals surface area (Å²) < 4.78 is 40.4. The Kier molecular flexibility index (Phi) is 22.0. The van der Waals surface area contributed by atoms with Crippen LogP contribution in [0.4, 0.5) is 0 Å². The standard InChI is InChI=1S/C27H45NO3Si2.C27H46O4Si2.CH4/c2*1-26(2,3)32(7,8)30-24-18-22(29-20-21-14-12-11-13-15-21)19-25(23(24)16-17-28)31-33(9,10)27(4,5)6;/h11-16,22,24-25H,18-20H2,1-10H3;11-17,22,24-25H,18-20H2,1-10H3;1H4/t2*22?,24-,25-;/m11./s1. The van der Waals surface area contributed by atoms with Gasteiger partial charge in [-0.05, 0) is 101 Å². The number of nitrogens with zero attached hydrogens (tertiary/aromatic N) is 1. The molecule has 2 saturated carbocycles. The maximum Gasteiger partial charge on any atom is 0.192 e. The van der Waals surface area contributed by atoms with Gasteiger partial charge in [-0.3, -0.25) is 4.79 Å². The van der Waals surface area contributed by atoms with Crippen molar-refractivity contribution in [3.8, 4) is 6.07 Å². The molecule has 0 bridgehead atoms. The molecule has 0 aliphatic heterocycles. The van der Waals surface area contributed by atoms with Crippen LogP contribution in [-0.2, 0) is 45.2 Å². The first kappa shape index (κ1) is 60.8. The minimum absolute atomic E-state index is 0. The lowest BCUT2D eigenvalue weighted by atomic mass is 9.87. The number of nitriles is 1. The summed E-state index contributed by atoms with van der Waals surface area (Å²) in [6, 6.07) is 22.9. The molecule has 2 aromatic rings. The van der Waals surface area contributed by atoms with E-state index in [0.29, 0.717) is 13.2 Å². The predicted molar refractivity (Wildman–Crippen MR) is 291 cm³/mol. The summed E-state index contributed by atoms with van der Waals surface area (Å²) in [5.41, 5.74) is 4.31. The molecule has 2 aliphatic rings. The second-order valence-corrected chi connectivity index (χ2v) is 43.8. The van der Waals surface area contributed by atoms with E-state index in [1.807, 2.05) is 36.4 Å². The zero-order valence-corrected chi connectivity index (χ0v) is 49.0. The van der Waals surface area contributed by atoms with Crippen molar-refractivity contribution in [1.29, 1.82) is 5.26 Å². The van der Waals surface area contributed by atoms with Crippen molar-refractivity contribution in [2.75, 3.05) is 0 Å². The lowest BCUT2D eigenvalue weighted by molar-refractivity contribution is -0.104. The topological polar surface area (TPSA) is 96.2 Å². The highest BCUT2D eigenvalue weighted by molar-refractivity contribution is 6.75. The Morgan fingerprint density at radius 1 is 0.507 bits per heavy atom. The van der Waals surface area contributed by atoms with Gasteiger partial charge in [-0.15, -0.1) is 0 Å². The molecule has 4 rings (SSSR count). The molecule has 8 nitrogen and oxygen atoms in total. The smallest absolute Gasteiger partial charge is 0.192 e. The molecule has 4 atom stereocenters. The number of hydrogen-bond acceptors (Lipinski definition) is 8. The van der Waals surface area contributed by atoms with Crippen LogP contribution in [-0.4, -0.2) is 76.2 Å². The molecule has 0 radical (unpaired) electrons. The molecule has 0 heterocycles. The van der Waals surface area contributed by atoms with Crippen LogP contribution in [0.2, 0.25) is 72.5 Å². The van der Waals surface area contributed by atoms with E-state index in [1.165, 1.54) is 5.56 Å². The van der Waals surface area contributed by atoms with Gasteiger partial charge in [0.25, 0.3) is 0 Å². The summed E-state index contributed by atoms with van der Waals surface area (Å²) in [6.45, 7) is 46.3. The second-order valence-electron chi connectivity index (χ2n) is 24.8. The zero-order valence-electron chi connectivity index (χ0n) is 45.0. The van der Waals surface area contributed by atoms with E-state index in [1.54, 1.807) is 12.2 Å². The third kappa shape index (κ3) is 17.5. The summed E-state index contributed by atoms with van der Waals surface area (Å²) in [5, 5.41) is 9.96. The number of aldehydes is 1. The predicted octanol–water partition coefficient (Wildman–Crippen LogP) is 15.5. The number of ether oxygens (including phenoxy) is 2. The molecule has 2 aromatic carbocycles. The molecule has 12 heteroatoms. The number of allylic oxidation sites excluding steroid dienone is 2. The highest BCUT2D eigenvalue weighted by Crippen LogP contribution is 2.46. The average Bonchev–Trinajstić information content (AvgIpc) is 3.17. The summed E-state index contributed by atoms with van der Waals surface area (Å²) in [5.74, 6) is 0. The van der Waals surface area contributed by atoms with Crippen LogP contribution in [0.15, 0.2) is 84.0 Å². The number of carbonyl (C=O) groups is 1. The highest BCUT2D eigenvalue weighted by atomic mass is 28.4. The first-order chi connectivity index (χ1) is 30.1. The van der Waals surface area contributed by atoms with Crippen molar-refractivity contribution < 1.29 is 32.0 Å². The van der Waals surface area contributed by atoms with E-state index in [9.17, 15) is 10.1 Å². The van der Waals surface area contributed by atoms with Gasteiger partial charge in [-0.1, -0.05) is 151 Å². The fourth-order valence-electron chi connectivity index (χ4n) is 7.10. The Bertz CT molecular complexity index is 1850. The Morgan fingerprint density at radius 2 is 0.776 bits per heavy atom. The Balaban J connectivity index is 0.000000453. The molecule has 0 unspecified atom stereocenters. The van der Waals surface area contributed by atoms with Crippen LogP contribution >= 0.6 is 0 Å². The van der Waals surface area contributed by atoms with Gasteiger partial charge in [0.1, 0.15) is 6.29 Å². The normalized spacial score (nSPS) is 22.4. The molecule has 378 valence electrons. The maximum absolute atomic E-state index is 11.7. The summed E-state index contributed by atoms with van der Waals surface area (Å²) in [6.07, 6.45) is 6.66. The SMILES string of the molecule is C.CC(C)(C)[Si](C)(C)O[C@@H]1CC(OCc2ccccc2)C[C@@H](O[Si](C)(C)C(C)(C)C)C1=CC#N.CC(C)(C)[Si](C)(C)O[C@@H]1CC(OCc2ccccc2)C[C@@H](O[Si](C)(C)C(C)(C)C)C1=CC=O. The molecule has 0 saturated heterocycles. The molecule has 0 amide bonds. The van der Waals surface area contributed by atoms with Gasteiger partial charge in [0.15, 0.2) is 33.3 Å². The van der Waals surface area contributed by atoms with Gasteiger partial charge < -0.3 is 27.2 Å². The summed E-state index contributed by atoms with van der Waals surface area (Å²) >= 11 is 0. The first-order valence-corrected chi connectivity index (χ1v) is 36.0. The molecule has 0 N–H and O–H groups in total. The van der Waals surface area contributed by atoms with Crippen LogP contribution in [0.1, 0.15) is 127 Å². The van der Waals surface area contributed by atoms with Crippen LogP contribution in [0.25, 0.3) is 0 Å². The van der Waals surface area contributed by atoms with Gasteiger partial charge in [-0.2, -0.15) is 5.26 Å². The molecule has 0 aromatic heterocycles. The Hall–Kier alpha value is -2.29. The van der Waals surface area contributed by atoms with Crippen molar-refractivity contribution in [2.45, 2.75) is 239 Å². The quantitative estimate of drug-likeness (QED) is 0.0753. The van der Waals surface area contributed by atoms with Gasteiger partial charge in [0.2, 0.25) is 0 Å². The van der Waals surface area contributed by atoms with Crippen LogP contribution in [0.3, 0.4) is 0 Å². The number of rotatable bonds is 15. The molecule has 67 heavy (non-hydrogen) atoms. The van der Waals surface area contributed by atoms with E-state index in [0.717, 1.165) is 48.7 Å². The van der Waals surface area contributed by atoms with Crippen LogP contribution in [0.5, 0.6) is 0 Å². The fourth-order valence-corrected chi connectivity index (χ4v) is 12.3. The monoisotopic (exact) mass is 994 g/mol. The lowest BCUT2D eigenvalue weighted by Gasteiger charge is -2.47. The van der Waals surface area contributed by atoms with Gasteiger partial charge in [-0.25, -0.2) is 0 Å². The molecular weight excluding hydrogens is 899 g/mol. The van der Waals surface area contributed by atoms with Crippen LogP contribution < -0.4 is 0 Å². The summed E-state index contributed by atoms with van der Waals surface area (Å²) in [4.78, 5) is 11.7. The minimum atomic E-state index is -2.06. The van der Waals surface area contributed by atoms with Crippen molar-refractivity contribution >= 4 is 39.6 Å². The molecule has 0 spiro atoms. The summed E-state index contributed by atoms with van der Waals surface area (Å²) in [7, 11) is -8.23. The average molecular weight is 995 g/mol. The van der Waals surface area contributed by atoms with Crippen molar-refractivity contribution in [1.82, 2.24) is 0 Å². The molecular formula is C55H95NO7Si4. The van der Waals surface area contributed by atoms with Gasteiger partial charge in [0.05, 0.1) is 55.9 Å². The van der Waals surface area contributed by atoms with Gasteiger partial charge in [0, 0.05) is 31.8 Å². The van der Waals surface area contributed by atoms with E-state index in [4.69, 9.17) is 27.2 Å².